The van der Waals surface area contributed by atoms with Crippen LogP contribution >= 0.6 is 0 Å². The SMILES string of the molecule is CC(Oc1ccc(-n2cnnn2)cc1)C(=O)N1CCC(c2nc(-c3ccccc3)no2)CC1. The molecule has 10 nitrogen and oxygen atoms in total. The number of hydrogen-bond donors (Lipinski definition) is 0. The van der Waals surface area contributed by atoms with Crippen molar-refractivity contribution in [3.8, 4) is 22.8 Å². The molecule has 1 aliphatic heterocycles. The molecule has 1 fully saturated rings. The van der Waals surface area contributed by atoms with E-state index in [1.807, 2.05) is 47.4 Å². The first kappa shape index (κ1) is 20.8. The Hall–Kier alpha value is -4.08. The number of nitrogens with zero attached hydrogens (tertiary/aromatic N) is 7. The second-order valence-electron chi connectivity index (χ2n) is 7.93. The molecule has 0 N–H and O–H groups in total. The van der Waals surface area contributed by atoms with Crippen LogP contribution in [0.2, 0.25) is 0 Å². The molecule has 0 radical (unpaired) electrons. The van der Waals surface area contributed by atoms with Crippen LogP contribution in [0.4, 0.5) is 0 Å². The van der Waals surface area contributed by atoms with Crippen molar-refractivity contribution in [1.29, 1.82) is 0 Å². The number of carbonyl (C=O) groups excluding carboxylic acids is 1. The molecule has 10 heteroatoms. The molecule has 0 saturated carbocycles. The van der Waals surface area contributed by atoms with E-state index in [0.717, 1.165) is 24.1 Å². The molecule has 1 atom stereocenters. The molecular weight excluding hydrogens is 422 g/mol. The average Bonchev–Trinajstić information content (AvgIpc) is 3.58. The van der Waals surface area contributed by atoms with Gasteiger partial charge >= 0.3 is 0 Å². The molecule has 4 aromatic rings. The van der Waals surface area contributed by atoms with Gasteiger partial charge in [-0.3, -0.25) is 4.79 Å². The van der Waals surface area contributed by atoms with Crippen molar-refractivity contribution in [3.63, 3.8) is 0 Å². The number of rotatable bonds is 6. The fraction of sp³-hybridized carbons (Fsp3) is 0.304. The molecule has 1 aliphatic rings. The minimum Gasteiger partial charge on any atom is -0.481 e. The van der Waals surface area contributed by atoms with Crippen LogP contribution in [0.5, 0.6) is 5.75 Å². The second-order valence-corrected chi connectivity index (χ2v) is 7.93. The van der Waals surface area contributed by atoms with Gasteiger partial charge in [-0.15, -0.1) is 5.10 Å². The predicted octanol–water partition coefficient (Wildman–Crippen LogP) is 2.89. The minimum atomic E-state index is -0.589. The lowest BCUT2D eigenvalue weighted by molar-refractivity contribution is -0.139. The van der Waals surface area contributed by atoms with E-state index >= 15 is 0 Å². The van der Waals surface area contributed by atoms with Gasteiger partial charge in [0.05, 0.1) is 5.69 Å². The Labute approximate surface area is 190 Å². The zero-order valence-electron chi connectivity index (χ0n) is 18.1. The lowest BCUT2D eigenvalue weighted by Gasteiger charge is -2.32. The largest absolute Gasteiger partial charge is 0.481 e. The number of likely N-dealkylation sites (tertiary alicyclic amines) is 1. The summed E-state index contributed by atoms with van der Waals surface area (Å²) in [6.45, 7) is 3.02. The van der Waals surface area contributed by atoms with Crippen LogP contribution in [-0.2, 0) is 4.79 Å². The number of amides is 1. The van der Waals surface area contributed by atoms with Crippen LogP contribution in [0.15, 0.2) is 65.4 Å². The highest BCUT2D eigenvalue weighted by molar-refractivity contribution is 5.81. The van der Waals surface area contributed by atoms with E-state index in [1.54, 1.807) is 23.7 Å². The lowest BCUT2D eigenvalue weighted by Crippen LogP contribution is -2.44. The zero-order chi connectivity index (χ0) is 22.6. The highest BCUT2D eigenvalue weighted by Crippen LogP contribution is 2.29. The minimum absolute atomic E-state index is 0.0338. The Balaban J connectivity index is 1.15. The Morgan fingerprint density at radius 1 is 1.09 bits per heavy atom. The smallest absolute Gasteiger partial charge is 0.263 e. The molecule has 1 unspecified atom stereocenters. The highest BCUT2D eigenvalue weighted by atomic mass is 16.5. The summed E-state index contributed by atoms with van der Waals surface area (Å²) >= 11 is 0. The predicted molar refractivity (Wildman–Crippen MR) is 118 cm³/mol. The van der Waals surface area contributed by atoms with Crippen molar-refractivity contribution < 1.29 is 14.1 Å². The van der Waals surface area contributed by atoms with E-state index < -0.39 is 6.10 Å². The van der Waals surface area contributed by atoms with Crippen molar-refractivity contribution in [1.82, 2.24) is 35.2 Å². The maximum absolute atomic E-state index is 12.9. The third kappa shape index (κ3) is 4.59. The van der Waals surface area contributed by atoms with Crippen molar-refractivity contribution >= 4 is 5.91 Å². The molecular formula is C23H23N7O3. The zero-order valence-corrected chi connectivity index (χ0v) is 18.1. The molecule has 0 spiro atoms. The normalized spacial score (nSPS) is 15.4. The van der Waals surface area contributed by atoms with Crippen LogP contribution in [0.3, 0.4) is 0 Å². The third-order valence-electron chi connectivity index (χ3n) is 5.74. The number of hydrogen-bond acceptors (Lipinski definition) is 8. The Morgan fingerprint density at radius 3 is 2.55 bits per heavy atom. The summed E-state index contributed by atoms with van der Waals surface area (Å²) in [5, 5.41) is 15.2. The Kier molecular flexibility index (Phi) is 5.79. The first-order valence-electron chi connectivity index (χ1n) is 10.9. The molecule has 33 heavy (non-hydrogen) atoms. The monoisotopic (exact) mass is 445 g/mol. The van der Waals surface area contributed by atoms with Crippen LogP contribution in [0, 0.1) is 0 Å². The van der Waals surface area contributed by atoms with E-state index in [9.17, 15) is 4.79 Å². The molecule has 2 aromatic heterocycles. The van der Waals surface area contributed by atoms with Crippen LogP contribution in [0.25, 0.3) is 17.1 Å². The summed E-state index contributed by atoms with van der Waals surface area (Å²) in [5.41, 5.74) is 1.74. The second kappa shape index (κ2) is 9.19. The summed E-state index contributed by atoms with van der Waals surface area (Å²) in [6.07, 6.45) is 2.47. The molecule has 3 heterocycles. The fourth-order valence-electron chi connectivity index (χ4n) is 3.92. The Bertz CT molecular complexity index is 1180. The molecule has 5 rings (SSSR count). The number of carbonyl (C=O) groups is 1. The average molecular weight is 445 g/mol. The quantitative estimate of drug-likeness (QED) is 0.445. The van der Waals surface area contributed by atoms with Gasteiger partial charge < -0.3 is 14.2 Å². The van der Waals surface area contributed by atoms with Gasteiger partial charge in [-0.25, -0.2) is 4.68 Å². The standard InChI is InChI=1S/C23H23N7O3/c1-16(32-20-9-7-19(8-10-20)30-15-24-27-28-30)23(31)29-13-11-18(12-14-29)22-25-21(26-33-22)17-5-3-2-4-6-17/h2-10,15-16,18H,11-14H2,1H3. The van der Waals surface area contributed by atoms with E-state index in [4.69, 9.17) is 9.26 Å². The van der Waals surface area contributed by atoms with Crippen LogP contribution < -0.4 is 4.74 Å². The summed E-state index contributed by atoms with van der Waals surface area (Å²) < 4.78 is 12.9. The fourth-order valence-corrected chi connectivity index (χ4v) is 3.92. The highest BCUT2D eigenvalue weighted by Gasteiger charge is 2.30. The topological polar surface area (TPSA) is 112 Å². The summed E-state index contributed by atoms with van der Waals surface area (Å²) in [7, 11) is 0. The molecule has 1 amide bonds. The Morgan fingerprint density at radius 2 is 1.85 bits per heavy atom. The first-order valence-corrected chi connectivity index (χ1v) is 10.9. The van der Waals surface area contributed by atoms with Crippen LogP contribution in [0.1, 0.15) is 31.6 Å². The molecule has 2 aromatic carbocycles. The van der Waals surface area contributed by atoms with Gasteiger partial charge in [0, 0.05) is 24.6 Å². The van der Waals surface area contributed by atoms with E-state index in [1.165, 1.54) is 6.33 Å². The number of ether oxygens (including phenoxy) is 1. The van der Waals surface area contributed by atoms with Gasteiger partial charge in [-0.1, -0.05) is 35.5 Å². The van der Waals surface area contributed by atoms with E-state index in [2.05, 4.69) is 25.7 Å². The summed E-state index contributed by atoms with van der Waals surface area (Å²) in [5.74, 6) is 1.95. The lowest BCUT2D eigenvalue weighted by atomic mass is 9.96. The van der Waals surface area contributed by atoms with E-state index in [-0.39, 0.29) is 11.8 Å². The molecule has 0 aliphatic carbocycles. The number of tetrazole rings is 1. The van der Waals surface area contributed by atoms with Crippen LogP contribution in [-0.4, -0.2) is 60.3 Å². The first-order chi connectivity index (χ1) is 16.2. The third-order valence-corrected chi connectivity index (χ3v) is 5.74. The van der Waals surface area contributed by atoms with E-state index in [0.29, 0.717) is 30.6 Å². The maximum Gasteiger partial charge on any atom is 0.263 e. The van der Waals surface area contributed by atoms with Crippen molar-refractivity contribution in [2.75, 3.05) is 13.1 Å². The van der Waals surface area contributed by atoms with Crippen molar-refractivity contribution in [3.05, 3.63) is 66.8 Å². The number of benzene rings is 2. The van der Waals surface area contributed by atoms with Gasteiger partial charge in [0.15, 0.2) is 6.10 Å². The van der Waals surface area contributed by atoms with Gasteiger partial charge in [-0.2, -0.15) is 4.98 Å². The van der Waals surface area contributed by atoms with Crippen molar-refractivity contribution in [2.24, 2.45) is 0 Å². The van der Waals surface area contributed by atoms with Crippen molar-refractivity contribution in [2.45, 2.75) is 31.8 Å². The maximum atomic E-state index is 12.9. The molecule has 168 valence electrons. The number of aromatic nitrogens is 6. The van der Waals surface area contributed by atoms with Gasteiger partial charge in [-0.05, 0) is 54.5 Å². The molecule has 0 bridgehead atoms. The summed E-state index contributed by atoms with van der Waals surface area (Å²) in [6, 6.07) is 17.0. The summed E-state index contributed by atoms with van der Waals surface area (Å²) in [4.78, 5) is 19.3. The van der Waals surface area contributed by atoms with Gasteiger partial charge in [0.25, 0.3) is 5.91 Å². The van der Waals surface area contributed by atoms with Gasteiger partial charge in [0.1, 0.15) is 12.1 Å². The van der Waals surface area contributed by atoms with Gasteiger partial charge in [0.2, 0.25) is 11.7 Å². The molecule has 1 saturated heterocycles. The number of piperidine rings is 1.